The molecule has 1 saturated heterocycles. The number of nitrogens with zero attached hydrogens (tertiary/aromatic N) is 3. The van der Waals surface area contributed by atoms with Crippen LogP contribution in [0.15, 0.2) is 48.5 Å². The highest BCUT2D eigenvalue weighted by molar-refractivity contribution is 6.08. The first-order chi connectivity index (χ1) is 14.0. The van der Waals surface area contributed by atoms with Gasteiger partial charge >= 0.3 is 0 Å². The van der Waals surface area contributed by atoms with Crippen LogP contribution in [0.1, 0.15) is 10.4 Å². The van der Waals surface area contributed by atoms with Gasteiger partial charge in [-0.15, -0.1) is 0 Å². The Balaban J connectivity index is 1.61. The number of amides is 2. The second-order valence-electron chi connectivity index (χ2n) is 6.73. The van der Waals surface area contributed by atoms with Crippen LogP contribution in [0.25, 0.3) is 0 Å². The molecule has 2 heterocycles. The van der Waals surface area contributed by atoms with Crippen molar-refractivity contribution in [3.63, 3.8) is 0 Å². The lowest BCUT2D eigenvalue weighted by molar-refractivity contribution is -0.384. The lowest BCUT2D eigenvalue weighted by Crippen LogP contribution is -2.54. The SMILES string of the molecule is O=C([C@@H]1CN(C(=O)c2ccc([N+](=O)[O-])cc2)c2ccccc2O1)N1CCOCC1. The number of fused-ring (bicyclic) bond motifs is 1. The van der Waals surface area contributed by atoms with Crippen LogP contribution in [0.3, 0.4) is 0 Å². The molecule has 2 aliphatic rings. The van der Waals surface area contributed by atoms with Crippen LogP contribution >= 0.6 is 0 Å². The number of hydrogen-bond acceptors (Lipinski definition) is 6. The summed E-state index contributed by atoms with van der Waals surface area (Å²) in [6.45, 7) is 1.97. The number of morpholine rings is 1. The van der Waals surface area contributed by atoms with Gasteiger partial charge in [0.15, 0.2) is 6.10 Å². The number of ether oxygens (including phenoxy) is 2. The van der Waals surface area contributed by atoms with E-state index in [1.54, 1.807) is 29.2 Å². The third kappa shape index (κ3) is 3.77. The molecule has 2 aromatic rings. The van der Waals surface area contributed by atoms with Crippen molar-refractivity contribution < 1.29 is 24.0 Å². The van der Waals surface area contributed by atoms with Crippen molar-refractivity contribution in [3.05, 3.63) is 64.2 Å². The third-order valence-electron chi connectivity index (χ3n) is 4.94. The maximum absolute atomic E-state index is 13.1. The van der Waals surface area contributed by atoms with Crippen molar-refractivity contribution in [3.8, 4) is 5.75 Å². The number of para-hydroxylation sites is 2. The Bertz CT molecular complexity index is 939. The van der Waals surface area contributed by atoms with Gasteiger partial charge in [0.25, 0.3) is 17.5 Å². The van der Waals surface area contributed by atoms with Crippen LogP contribution in [-0.4, -0.2) is 60.6 Å². The molecule has 0 spiro atoms. The van der Waals surface area contributed by atoms with Crippen LogP contribution in [-0.2, 0) is 9.53 Å². The topological polar surface area (TPSA) is 102 Å². The highest BCUT2D eigenvalue weighted by Gasteiger charge is 2.36. The molecule has 0 aromatic heterocycles. The summed E-state index contributed by atoms with van der Waals surface area (Å²) in [5, 5.41) is 10.9. The van der Waals surface area contributed by atoms with Gasteiger partial charge < -0.3 is 19.3 Å². The summed E-state index contributed by atoms with van der Waals surface area (Å²) in [4.78, 5) is 39.6. The first-order valence-electron chi connectivity index (χ1n) is 9.23. The van der Waals surface area contributed by atoms with Gasteiger partial charge in [-0.1, -0.05) is 12.1 Å². The highest BCUT2D eigenvalue weighted by Crippen LogP contribution is 2.34. The molecule has 0 unspecified atom stereocenters. The smallest absolute Gasteiger partial charge is 0.269 e. The molecule has 2 aliphatic heterocycles. The van der Waals surface area contributed by atoms with Gasteiger partial charge in [0.05, 0.1) is 30.4 Å². The van der Waals surface area contributed by atoms with E-state index in [0.717, 1.165) is 0 Å². The van der Waals surface area contributed by atoms with E-state index in [-0.39, 0.29) is 24.0 Å². The number of non-ortho nitro benzene ring substituents is 1. The normalized spacial score (nSPS) is 18.6. The maximum atomic E-state index is 13.1. The first kappa shape index (κ1) is 18.9. The first-order valence-corrected chi connectivity index (χ1v) is 9.23. The summed E-state index contributed by atoms with van der Waals surface area (Å²) >= 11 is 0. The van der Waals surface area contributed by atoms with Gasteiger partial charge in [0.2, 0.25) is 0 Å². The van der Waals surface area contributed by atoms with Crippen molar-refractivity contribution in [2.45, 2.75) is 6.10 Å². The minimum absolute atomic E-state index is 0.0586. The largest absolute Gasteiger partial charge is 0.476 e. The average molecular weight is 397 g/mol. The lowest BCUT2D eigenvalue weighted by atomic mass is 10.1. The molecular weight excluding hydrogens is 378 g/mol. The number of benzene rings is 2. The molecule has 1 atom stereocenters. The van der Waals surface area contributed by atoms with Crippen LogP contribution in [0.5, 0.6) is 5.75 Å². The predicted molar refractivity (Wildman–Crippen MR) is 103 cm³/mol. The molecule has 150 valence electrons. The number of carbonyl (C=O) groups excluding carboxylic acids is 2. The number of nitro benzene ring substituents is 1. The van der Waals surface area contributed by atoms with E-state index >= 15 is 0 Å². The Morgan fingerprint density at radius 1 is 1.03 bits per heavy atom. The number of hydrogen-bond donors (Lipinski definition) is 0. The van der Waals surface area contributed by atoms with Crippen LogP contribution in [0.2, 0.25) is 0 Å². The number of nitro groups is 1. The molecule has 0 aliphatic carbocycles. The van der Waals surface area contributed by atoms with E-state index in [0.29, 0.717) is 43.3 Å². The van der Waals surface area contributed by atoms with Crippen molar-refractivity contribution in [2.75, 3.05) is 37.7 Å². The molecule has 0 bridgehead atoms. The molecule has 2 aromatic carbocycles. The summed E-state index contributed by atoms with van der Waals surface area (Å²) in [5.74, 6) is -0.0969. The Labute approximate surface area is 166 Å². The molecule has 2 amide bonds. The summed E-state index contributed by atoms with van der Waals surface area (Å²) in [5.41, 5.74) is 0.760. The van der Waals surface area contributed by atoms with Crippen LogP contribution in [0, 0.1) is 10.1 Å². The Hall–Kier alpha value is -3.46. The minimum atomic E-state index is -0.829. The Morgan fingerprint density at radius 3 is 2.41 bits per heavy atom. The standard InChI is InChI=1S/C20H19N3O6/c24-19(14-5-7-15(8-6-14)23(26)27)22-13-18(20(25)21-9-11-28-12-10-21)29-17-4-2-1-3-16(17)22/h1-8,18H,9-13H2/t18-/m0/s1. The zero-order chi connectivity index (χ0) is 20.4. The van der Waals surface area contributed by atoms with Crippen molar-refractivity contribution in [2.24, 2.45) is 0 Å². The summed E-state index contributed by atoms with van der Waals surface area (Å²) in [6, 6.07) is 12.4. The molecular formula is C20H19N3O6. The molecule has 0 N–H and O–H groups in total. The number of carbonyl (C=O) groups is 2. The van der Waals surface area contributed by atoms with Crippen LogP contribution < -0.4 is 9.64 Å². The van der Waals surface area contributed by atoms with Crippen molar-refractivity contribution in [1.82, 2.24) is 4.90 Å². The van der Waals surface area contributed by atoms with E-state index < -0.39 is 11.0 Å². The van der Waals surface area contributed by atoms with E-state index in [2.05, 4.69) is 0 Å². The second-order valence-corrected chi connectivity index (χ2v) is 6.73. The fourth-order valence-electron chi connectivity index (χ4n) is 3.42. The molecule has 0 radical (unpaired) electrons. The fraction of sp³-hybridized carbons (Fsp3) is 0.300. The fourth-order valence-corrected chi connectivity index (χ4v) is 3.42. The molecule has 0 saturated carbocycles. The Morgan fingerprint density at radius 2 is 1.72 bits per heavy atom. The zero-order valence-corrected chi connectivity index (χ0v) is 15.5. The highest BCUT2D eigenvalue weighted by atomic mass is 16.6. The summed E-state index contributed by atoms with van der Waals surface area (Å²) in [6.07, 6.45) is -0.829. The molecule has 9 heteroatoms. The predicted octanol–water partition coefficient (Wildman–Crippen LogP) is 1.86. The second kappa shape index (κ2) is 7.88. The molecule has 4 rings (SSSR count). The van der Waals surface area contributed by atoms with Gasteiger partial charge in [0.1, 0.15) is 5.75 Å². The van der Waals surface area contributed by atoms with E-state index in [4.69, 9.17) is 9.47 Å². The number of rotatable bonds is 3. The van der Waals surface area contributed by atoms with Crippen LogP contribution in [0.4, 0.5) is 11.4 Å². The van der Waals surface area contributed by atoms with Gasteiger partial charge in [-0.05, 0) is 24.3 Å². The zero-order valence-electron chi connectivity index (χ0n) is 15.5. The Kier molecular flexibility index (Phi) is 5.13. The molecule has 9 nitrogen and oxygen atoms in total. The van der Waals surface area contributed by atoms with Crippen molar-refractivity contribution in [1.29, 1.82) is 0 Å². The van der Waals surface area contributed by atoms with E-state index in [1.165, 1.54) is 29.2 Å². The summed E-state index contributed by atoms with van der Waals surface area (Å²) < 4.78 is 11.2. The van der Waals surface area contributed by atoms with E-state index in [9.17, 15) is 19.7 Å². The quantitative estimate of drug-likeness (QED) is 0.579. The number of anilines is 1. The van der Waals surface area contributed by atoms with Crippen molar-refractivity contribution >= 4 is 23.2 Å². The van der Waals surface area contributed by atoms with Gasteiger partial charge in [-0.2, -0.15) is 0 Å². The van der Waals surface area contributed by atoms with E-state index in [1.807, 2.05) is 0 Å². The molecule has 1 fully saturated rings. The minimum Gasteiger partial charge on any atom is -0.476 e. The maximum Gasteiger partial charge on any atom is 0.269 e. The van der Waals surface area contributed by atoms with Gasteiger partial charge in [-0.25, -0.2) is 0 Å². The molecule has 29 heavy (non-hydrogen) atoms. The monoisotopic (exact) mass is 397 g/mol. The van der Waals surface area contributed by atoms with Gasteiger partial charge in [0, 0.05) is 30.8 Å². The summed E-state index contributed by atoms with van der Waals surface area (Å²) in [7, 11) is 0. The van der Waals surface area contributed by atoms with Gasteiger partial charge in [-0.3, -0.25) is 19.7 Å². The average Bonchev–Trinajstić information content (AvgIpc) is 2.78. The third-order valence-corrected chi connectivity index (χ3v) is 4.94. The lowest BCUT2D eigenvalue weighted by Gasteiger charge is -2.37.